The third-order valence-electron chi connectivity index (χ3n) is 4.35. The second-order valence-corrected chi connectivity index (χ2v) is 6.44. The number of nitrogens with zero attached hydrogens (tertiary/aromatic N) is 1. The lowest BCUT2D eigenvalue weighted by molar-refractivity contribution is -0.137. The van der Waals surface area contributed by atoms with E-state index in [1.807, 2.05) is 0 Å². The van der Waals surface area contributed by atoms with Crippen LogP contribution in [0.4, 0.5) is 13.2 Å². The summed E-state index contributed by atoms with van der Waals surface area (Å²) in [5, 5.41) is 9.50. The van der Waals surface area contributed by atoms with E-state index in [4.69, 9.17) is 9.47 Å². The van der Waals surface area contributed by atoms with Crippen molar-refractivity contribution in [2.75, 3.05) is 7.11 Å². The summed E-state index contributed by atoms with van der Waals surface area (Å²) in [6, 6.07) is 19.4. The summed E-state index contributed by atoms with van der Waals surface area (Å²) in [6.07, 6.45) is -2.84. The van der Waals surface area contributed by atoms with E-state index >= 15 is 0 Å². The van der Waals surface area contributed by atoms with Crippen LogP contribution in [0.25, 0.3) is 11.6 Å². The van der Waals surface area contributed by atoms with Crippen molar-refractivity contribution in [3.63, 3.8) is 0 Å². The zero-order chi connectivity index (χ0) is 22.4. The number of nitriles is 1. The molecule has 0 unspecified atom stereocenters. The van der Waals surface area contributed by atoms with E-state index in [9.17, 15) is 23.2 Å². The third-order valence-corrected chi connectivity index (χ3v) is 4.35. The smallest absolute Gasteiger partial charge is 0.416 e. The average molecular weight is 423 g/mol. The molecule has 0 atom stereocenters. The number of hydrogen-bond donors (Lipinski definition) is 0. The van der Waals surface area contributed by atoms with Gasteiger partial charge in [-0.3, -0.25) is 0 Å². The van der Waals surface area contributed by atoms with Crippen molar-refractivity contribution in [1.82, 2.24) is 0 Å². The van der Waals surface area contributed by atoms with Crippen LogP contribution in [-0.4, -0.2) is 13.1 Å². The van der Waals surface area contributed by atoms with E-state index in [2.05, 4.69) is 6.07 Å². The Hall–Kier alpha value is -4.05. The molecule has 0 fully saturated rings. The number of ether oxygens (including phenoxy) is 2. The molecule has 0 heterocycles. The molecule has 0 amide bonds. The predicted octanol–water partition coefficient (Wildman–Crippen LogP) is 6.00. The number of carbonyl (C=O) groups is 1. The fraction of sp³-hybridized carbons (Fsp3) is 0.0833. The molecular formula is C24H16F3NO3. The molecular weight excluding hydrogens is 407 g/mol. The van der Waals surface area contributed by atoms with Crippen molar-refractivity contribution in [2.24, 2.45) is 0 Å². The van der Waals surface area contributed by atoms with E-state index in [1.165, 1.54) is 0 Å². The minimum atomic E-state index is -4.48. The first-order valence-electron chi connectivity index (χ1n) is 9.06. The van der Waals surface area contributed by atoms with Gasteiger partial charge in [0.15, 0.2) is 0 Å². The van der Waals surface area contributed by atoms with Gasteiger partial charge in [0.1, 0.15) is 11.5 Å². The van der Waals surface area contributed by atoms with Crippen LogP contribution in [-0.2, 0) is 6.18 Å². The molecule has 3 aromatic carbocycles. The van der Waals surface area contributed by atoms with Crippen LogP contribution < -0.4 is 9.47 Å². The fourth-order valence-corrected chi connectivity index (χ4v) is 2.75. The Morgan fingerprint density at radius 3 is 2.16 bits per heavy atom. The Bertz CT molecular complexity index is 1140. The van der Waals surface area contributed by atoms with Crippen LogP contribution >= 0.6 is 0 Å². The Balaban J connectivity index is 1.78. The SMILES string of the molecule is COc1ccc(/C(C#N)=C\c2cccc(OC(=O)c3ccc(C(F)(F)F)cc3)c2)cc1. The van der Waals surface area contributed by atoms with Gasteiger partial charge < -0.3 is 9.47 Å². The Morgan fingerprint density at radius 2 is 1.58 bits per heavy atom. The minimum Gasteiger partial charge on any atom is -0.497 e. The molecule has 0 aliphatic heterocycles. The molecule has 7 heteroatoms. The van der Waals surface area contributed by atoms with E-state index in [0.29, 0.717) is 22.4 Å². The van der Waals surface area contributed by atoms with Gasteiger partial charge in [-0.1, -0.05) is 12.1 Å². The summed E-state index contributed by atoms with van der Waals surface area (Å²) >= 11 is 0. The highest BCUT2D eigenvalue weighted by atomic mass is 19.4. The van der Waals surface area contributed by atoms with Gasteiger partial charge in [0.2, 0.25) is 0 Å². The highest BCUT2D eigenvalue weighted by Crippen LogP contribution is 2.29. The summed E-state index contributed by atoms with van der Waals surface area (Å²) in [4.78, 5) is 12.3. The fourth-order valence-electron chi connectivity index (χ4n) is 2.75. The van der Waals surface area contributed by atoms with Gasteiger partial charge in [0.25, 0.3) is 0 Å². The average Bonchev–Trinajstić information content (AvgIpc) is 2.77. The molecule has 0 bridgehead atoms. The van der Waals surface area contributed by atoms with Crippen molar-refractivity contribution in [2.45, 2.75) is 6.18 Å². The molecule has 0 spiro atoms. The second kappa shape index (κ2) is 9.18. The number of esters is 1. The standard InChI is InChI=1S/C24H16F3NO3/c1-30-21-11-7-17(8-12-21)19(15-28)13-16-3-2-4-22(14-16)31-23(29)18-5-9-20(10-6-18)24(25,26)27/h2-14H,1H3/b19-13-. The number of halogens is 3. The molecule has 0 saturated carbocycles. The lowest BCUT2D eigenvalue weighted by Crippen LogP contribution is -2.10. The van der Waals surface area contributed by atoms with Gasteiger partial charge in [0, 0.05) is 0 Å². The molecule has 0 radical (unpaired) electrons. The van der Waals surface area contributed by atoms with Crippen LogP contribution in [0.5, 0.6) is 11.5 Å². The van der Waals surface area contributed by atoms with E-state index in [-0.39, 0.29) is 11.3 Å². The number of hydrogen-bond acceptors (Lipinski definition) is 4. The normalized spacial score (nSPS) is 11.5. The zero-order valence-electron chi connectivity index (χ0n) is 16.3. The molecule has 0 N–H and O–H groups in total. The van der Waals surface area contributed by atoms with Crippen LogP contribution in [0.1, 0.15) is 27.0 Å². The molecule has 0 aromatic heterocycles. The third kappa shape index (κ3) is 5.52. The minimum absolute atomic E-state index is 0.00936. The summed E-state index contributed by atoms with van der Waals surface area (Å²) in [7, 11) is 1.55. The highest BCUT2D eigenvalue weighted by Gasteiger charge is 2.30. The first-order valence-corrected chi connectivity index (χ1v) is 9.06. The molecule has 31 heavy (non-hydrogen) atoms. The van der Waals surface area contributed by atoms with Crippen LogP contribution in [0, 0.1) is 11.3 Å². The maximum Gasteiger partial charge on any atom is 0.416 e. The largest absolute Gasteiger partial charge is 0.497 e. The zero-order valence-corrected chi connectivity index (χ0v) is 16.3. The quantitative estimate of drug-likeness (QED) is 0.219. The van der Waals surface area contributed by atoms with Gasteiger partial charge in [0.05, 0.1) is 29.9 Å². The number of alkyl halides is 3. The Morgan fingerprint density at radius 1 is 0.935 bits per heavy atom. The molecule has 156 valence electrons. The Labute approximate surface area is 176 Å². The number of allylic oxidation sites excluding steroid dienone is 1. The van der Waals surface area contributed by atoms with Gasteiger partial charge in [-0.2, -0.15) is 18.4 Å². The Kier molecular flexibility index (Phi) is 6.41. The van der Waals surface area contributed by atoms with Crippen molar-refractivity contribution in [3.05, 3.63) is 95.1 Å². The number of carbonyl (C=O) groups excluding carboxylic acids is 1. The summed E-state index contributed by atoms with van der Waals surface area (Å²) in [5.74, 6) is 0.0781. The lowest BCUT2D eigenvalue weighted by atomic mass is 10.0. The summed E-state index contributed by atoms with van der Waals surface area (Å²) < 4.78 is 48.3. The van der Waals surface area contributed by atoms with Gasteiger partial charge in [-0.15, -0.1) is 0 Å². The van der Waals surface area contributed by atoms with Gasteiger partial charge in [-0.05, 0) is 77.9 Å². The topological polar surface area (TPSA) is 59.3 Å². The van der Waals surface area contributed by atoms with Gasteiger partial charge >= 0.3 is 12.1 Å². The van der Waals surface area contributed by atoms with Crippen molar-refractivity contribution >= 4 is 17.6 Å². The molecule has 4 nitrogen and oxygen atoms in total. The monoisotopic (exact) mass is 423 g/mol. The highest BCUT2D eigenvalue weighted by molar-refractivity contribution is 5.92. The first kappa shape index (κ1) is 21.7. The van der Waals surface area contributed by atoms with Crippen molar-refractivity contribution in [3.8, 4) is 17.6 Å². The van der Waals surface area contributed by atoms with Gasteiger partial charge in [-0.25, -0.2) is 4.79 Å². The molecule has 0 aliphatic rings. The first-order chi connectivity index (χ1) is 14.8. The summed E-state index contributed by atoms with van der Waals surface area (Å²) in [6.45, 7) is 0. The van der Waals surface area contributed by atoms with Crippen molar-refractivity contribution < 1.29 is 27.4 Å². The number of methoxy groups -OCH3 is 1. The van der Waals surface area contributed by atoms with E-state index < -0.39 is 17.7 Å². The van der Waals surface area contributed by atoms with E-state index in [0.717, 1.165) is 24.3 Å². The molecule has 3 rings (SSSR count). The van der Waals surface area contributed by atoms with Crippen LogP contribution in [0.3, 0.4) is 0 Å². The molecule has 0 aliphatic carbocycles. The predicted molar refractivity (Wildman–Crippen MR) is 109 cm³/mol. The molecule has 0 saturated heterocycles. The van der Waals surface area contributed by atoms with E-state index in [1.54, 1.807) is 61.7 Å². The maximum atomic E-state index is 12.7. The van der Waals surface area contributed by atoms with Crippen LogP contribution in [0.2, 0.25) is 0 Å². The maximum absolute atomic E-state index is 12.7. The van der Waals surface area contributed by atoms with Crippen molar-refractivity contribution in [1.29, 1.82) is 5.26 Å². The summed E-state index contributed by atoms with van der Waals surface area (Å²) in [5.41, 5.74) is 0.845. The molecule has 3 aromatic rings. The number of benzene rings is 3. The van der Waals surface area contributed by atoms with Crippen LogP contribution in [0.15, 0.2) is 72.8 Å². The lowest BCUT2D eigenvalue weighted by Gasteiger charge is -2.08. The second-order valence-electron chi connectivity index (χ2n) is 6.44. The number of rotatable bonds is 5.